The summed E-state index contributed by atoms with van der Waals surface area (Å²) in [4.78, 5) is 0. The van der Waals surface area contributed by atoms with Crippen molar-refractivity contribution in [3.63, 3.8) is 0 Å². The lowest BCUT2D eigenvalue weighted by molar-refractivity contribution is 0.305. The maximum Gasteiger partial charge on any atom is 0.115 e. The fraction of sp³-hybridized carbons (Fsp3) is 0.200. The summed E-state index contributed by atoms with van der Waals surface area (Å²) < 4.78 is 0. The summed E-state index contributed by atoms with van der Waals surface area (Å²) in [5.41, 5.74) is 1.85. The van der Waals surface area contributed by atoms with Crippen molar-refractivity contribution in [1.29, 1.82) is 0 Å². The minimum absolute atomic E-state index is 0.111. The maximum absolute atomic E-state index is 8.99. The summed E-state index contributed by atoms with van der Waals surface area (Å²) in [6, 6.07) is 6.79. The second-order valence-corrected chi connectivity index (χ2v) is 2.62. The van der Waals surface area contributed by atoms with Crippen LogP contribution in [0, 0.1) is 0 Å². The minimum Gasteiger partial charge on any atom is -0.508 e. The molecule has 0 radical (unpaired) electrons. The molecule has 0 fully saturated rings. The fourth-order valence-corrected chi connectivity index (χ4v) is 0.976. The number of benzene rings is 1. The molecule has 64 valence electrons. The van der Waals surface area contributed by atoms with Crippen molar-refractivity contribution in [2.75, 3.05) is 6.61 Å². The second-order valence-electron chi connectivity index (χ2n) is 2.62. The van der Waals surface area contributed by atoms with E-state index >= 15 is 0 Å². The molecule has 0 atom stereocenters. The second kappa shape index (κ2) is 3.93. The van der Waals surface area contributed by atoms with Gasteiger partial charge in [-0.2, -0.15) is 0 Å². The molecule has 2 N–H and O–H groups in total. The first-order chi connectivity index (χ1) is 5.74. The number of hydrogen-bond donors (Lipinski definition) is 2. The zero-order chi connectivity index (χ0) is 8.97. The summed E-state index contributed by atoms with van der Waals surface area (Å²) in [6.07, 6.45) is 0.574. The van der Waals surface area contributed by atoms with Crippen LogP contribution in [0.25, 0.3) is 5.57 Å². The molecule has 0 bridgehead atoms. The van der Waals surface area contributed by atoms with Gasteiger partial charge in [-0.3, -0.25) is 0 Å². The first-order valence-corrected chi connectivity index (χ1v) is 3.82. The summed E-state index contributed by atoms with van der Waals surface area (Å²) in [7, 11) is 0. The van der Waals surface area contributed by atoms with E-state index in [2.05, 4.69) is 6.58 Å². The zero-order valence-electron chi connectivity index (χ0n) is 6.83. The predicted molar refractivity (Wildman–Crippen MR) is 48.8 cm³/mol. The maximum atomic E-state index is 8.99. The molecule has 2 heteroatoms. The number of aliphatic hydroxyl groups is 1. The molecule has 0 aliphatic carbocycles. The molecule has 0 spiro atoms. The number of phenols is 1. The van der Waals surface area contributed by atoms with Gasteiger partial charge in [-0.1, -0.05) is 18.7 Å². The van der Waals surface area contributed by atoms with Crippen LogP contribution in [-0.2, 0) is 0 Å². The lowest BCUT2D eigenvalue weighted by Gasteiger charge is -2.02. The summed E-state index contributed by atoms with van der Waals surface area (Å²) in [5, 5.41) is 17.6. The monoisotopic (exact) mass is 164 g/mol. The predicted octanol–water partition coefficient (Wildman–Crippen LogP) is 1.79. The molecule has 0 saturated carbocycles. The van der Waals surface area contributed by atoms with E-state index in [0.717, 1.165) is 11.1 Å². The highest BCUT2D eigenvalue weighted by molar-refractivity contribution is 5.63. The Morgan fingerprint density at radius 2 is 1.83 bits per heavy atom. The molecule has 0 amide bonds. The molecule has 2 nitrogen and oxygen atoms in total. The van der Waals surface area contributed by atoms with Crippen LogP contribution >= 0.6 is 0 Å². The van der Waals surface area contributed by atoms with E-state index in [0.29, 0.717) is 6.42 Å². The smallest absolute Gasteiger partial charge is 0.115 e. The average molecular weight is 164 g/mol. The average Bonchev–Trinajstić information content (AvgIpc) is 2.06. The van der Waals surface area contributed by atoms with Gasteiger partial charge in [0.2, 0.25) is 0 Å². The third-order valence-corrected chi connectivity index (χ3v) is 1.69. The van der Waals surface area contributed by atoms with Crippen LogP contribution < -0.4 is 0 Å². The van der Waals surface area contributed by atoms with E-state index in [4.69, 9.17) is 10.2 Å². The normalized spacial score (nSPS) is 9.75. The van der Waals surface area contributed by atoms with Gasteiger partial charge in [-0.15, -0.1) is 0 Å². The number of phenolic OH excluding ortho intramolecular Hbond substituents is 1. The third-order valence-electron chi connectivity index (χ3n) is 1.69. The Morgan fingerprint density at radius 1 is 1.25 bits per heavy atom. The Hall–Kier alpha value is -1.28. The molecular formula is C10H12O2. The molecule has 1 rings (SSSR count). The highest BCUT2D eigenvalue weighted by atomic mass is 16.3. The lowest BCUT2D eigenvalue weighted by atomic mass is 10.1. The molecule has 0 heterocycles. The van der Waals surface area contributed by atoms with E-state index in [1.165, 1.54) is 0 Å². The Bertz CT molecular complexity index is 262. The Morgan fingerprint density at radius 3 is 2.33 bits per heavy atom. The molecule has 1 aromatic carbocycles. The van der Waals surface area contributed by atoms with Crippen LogP contribution in [0.15, 0.2) is 30.8 Å². The summed E-state index contributed by atoms with van der Waals surface area (Å²) >= 11 is 0. The van der Waals surface area contributed by atoms with Crippen LogP contribution in [0.2, 0.25) is 0 Å². The Balaban J connectivity index is 2.75. The SMILES string of the molecule is C=C(CCO)c1ccc(O)cc1. The van der Waals surface area contributed by atoms with Crippen molar-refractivity contribution in [2.45, 2.75) is 6.42 Å². The van der Waals surface area contributed by atoms with E-state index in [1.807, 2.05) is 0 Å². The van der Waals surface area contributed by atoms with E-state index in [1.54, 1.807) is 24.3 Å². The highest BCUT2D eigenvalue weighted by Crippen LogP contribution is 2.18. The van der Waals surface area contributed by atoms with Gasteiger partial charge >= 0.3 is 0 Å². The van der Waals surface area contributed by atoms with Gasteiger partial charge < -0.3 is 10.2 Å². The van der Waals surface area contributed by atoms with Crippen LogP contribution in [0.5, 0.6) is 5.75 Å². The van der Waals surface area contributed by atoms with Crippen molar-refractivity contribution in [1.82, 2.24) is 0 Å². The molecule has 0 aliphatic heterocycles. The minimum atomic E-state index is 0.111. The largest absolute Gasteiger partial charge is 0.508 e. The number of rotatable bonds is 3. The summed E-state index contributed by atoms with van der Waals surface area (Å²) in [5.74, 6) is 0.246. The van der Waals surface area contributed by atoms with Gasteiger partial charge in [0.1, 0.15) is 5.75 Å². The van der Waals surface area contributed by atoms with Crippen LogP contribution in [0.4, 0.5) is 0 Å². The number of hydrogen-bond acceptors (Lipinski definition) is 2. The quantitative estimate of drug-likeness (QED) is 0.715. The number of aromatic hydroxyl groups is 1. The van der Waals surface area contributed by atoms with Crippen molar-refractivity contribution in [3.05, 3.63) is 36.4 Å². The molecular weight excluding hydrogens is 152 g/mol. The summed E-state index contributed by atoms with van der Waals surface area (Å²) in [6.45, 7) is 3.91. The Kier molecular flexibility index (Phi) is 2.88. The van der Waals surface area contributed by atoms with E-state index in [-0.39, 0.29) is 12.4 Å². The van der Waals surface area contributed by atoms with Crippen LogP contribution in [0.1, 0.15) is 12.0 Å². The van der Waals surface area contributed by atoms with Crippen molar-refractivity contribution in [3.8, 4) is 5.75 Å². The molecule has 1 aromatic rings. The molecule has 0 aliphatic rings. The molecule has 0 aromatic heterocycles. The van der Waals surface area contributed by atoms with Gasteiger partial charge in [0.15, 0.2) is 0 Å². The zero-order valence-corrected chi connectivity index (χ0v) is 6.83. The lowest BCUT2D eigenvalue weighted by Crippen LogP contribution is -1.86. The van der Waals surface area contributed by atoms with Crippen molar-refractivity contribution in [2.24, 2.45) is 0 Å². The highest BCUT2D eigenvalue weighted by Gasteiger charge is 1.97. The molecule has 12 heavy (non-hydrogen) atoms. The van der Waals surface area contributed by atoms with Gasteiger partial charge in [-0.25, -0.2) is 0 Å². The third kappa shape index (κ3) is 2.10. The van der Waals surface area contributed by atoms with Crippen molar-refractivity contribution < 1.29 is 10.2 Å². The van der Waals surface area contributed by atoms with Gasteiger partial charge in [0.05, 0.1) is 0 Å². The Labute approximate surface area is 71.8 Å². The fourth-order valence-electron chi connectivity index (χ4n) is 0.976. The van der Waals surface area contributed by atoms with E-state index in [9.17, 15) is 0 Å². The first-order valence-electron chi connectivity index (χ1n) is 3.82. The standard InChI is InChI=1S/C10H12O2/c1-8(6-7-11)9-2-4-10(12)5-3-9/h2-5,11-12H,1,6-7H2. The van der Waals surface area contributed by atoms with Crippen LogP contribution in [-0.4, -0.2) is 16.8 Å². The topological polar surface area (TPSA) is 40.5 Å². The van der Waals surface area contributed by atoms with Crippen molar-refractivity contribution >= 4 is 5.57 Å². The first kappa shape index (κ1) is 8.81. The number of aliphatic hydroxyl groups excluding tert-OH is 1. The van der Waals surface area contributed by atoms with E-state index < -0.39 is 0 Å². The van der Waals surface area contributed by atoms with Crippen LogP contribution in [0.3, 0.4) is 0 Å². The van der Waals surface area contributed by atoms with Gasteiger partial charge in [0, 0.05) is 6.61 Å². The van der Waals surface area contributed by atoms with Gasteiger partial charge in [-0.05, 0) is 29.7 Å². The molecule has 0 saturated heterocycles. The van der Waals surface area contributed by atoms with Gasteiger partial charge in [0.25, 0.3) is 0 Å². The molecule has 0 unspecified atom stereocenters.